The van der Waals surface area contributed by atoms with Crippen LogP contribution in [0, 0.1) is 5.92 Å². The highest BCUT2D eigenvalue weighted by molar-refractivity contribution is 7.98. The maximum absolute atomic E-state index is 15.3. The van der Waals surface area contributed by atoms with Gasteiger partial charge >= 0.3 is 29.8 Å². The van der Waals surface area contributed by atoms with E-state index in [2.05, 4.69) is 63.5 Å². The number of aromatic nitrogens is 1. The van der Waals surface area contributed by atoms with Crippen molar-refractivity contribution in [3.8, 4) is 0 Å². The molecule has 4 aliphatic rings. The number of piperazine rings is 1. The zero-order valence-electron chi connectivity index (χ0n) is 81.2. The van der Waals surface area contributed by atoms with E-state index in [0.717, 1.165) is 35.3 Å². The van der Waals surface area contributed by atoms with E-state index in [1.54, 1.807) is 86.9 Å². The molecule has 3 aromatic carbocycles. The molecule has 3 saturated heterocycles. The van der Waals surface area contributed by atoms with Crippen LogP contribution in [0.5, 0.6) is 0 Å². The summed E-state index contributed by atoms with van der Waals surface area (Å²) in [6.07, 6.45) is -5.91. The Morgan fingerprint density at radius 3 is 1.62 bits per heavy atom. The van der Waals surface area contributed by atoms with Crippen molar-refractivity contribution in [1.29, 1.82) is 0 Å². The van der Waals surface area contributed by atoms with E-state index in [9.17, 15) is 121 Å². The number of carboxylic acids is 5. The van der Waals surface area contributed by atoms with Gasteiger partial charge in [-0.1, -0.05) is 68.4 Å². The molecule has 25 N–H and O–H groups in total. The molecule has 1 aromatic heterocycles. The summed E-state index contributed by atoms with van der Waals surface area (Å²) in [5, 5.41) is 105. The minimum absolute atomic E-state index is 0.0219. The molecule has 2 bridgehead atoms. The third-order valence-corrected chi connectivity index (χ3v) is 27.4. The first-order valence-corrected chi connectivity index (χ1v) is 51.5. The predicted octanol–water partition coefficient (Wildman–Crippen LogP) is -6.89. The van der Waals surface area contributed by atoms with E-state index >= 15 is 19.2 Å². The number of thioether (sulfide) groups is 2. The maximum atomic E-state index is 15.3. The number of aliphatic hydroxyl groups is 2. The van der Waals surface area contributed by atoms with Crippen molar-refractivity contribution < 1.29 is 140 Å². The molecule has 12 atom stereocenters. The second-order valence-electron chi connectivity index (χ2n) is 36.6. The number of hydrogen-bond donors (Lipinski definition) is 22. The number of benzene rings is 3. The van der Waals surface area contributed by atoms with Crippen molar-refractivity contribution in [3.05, 3.63) is 101 Å². The number of carbonyl (C=O) groups excluding carboxylic acids is 15. The average molecular weight is 2110 g/mol. The van der Waals surface area contributed by atoms with Crippen LogP contribution in [0.2, 0.25) is 0 Å². The number of aliphatic hydroxyl groups excluding tert-OH is 2. The number of fused-ring (bicyclic) bond motifs is 4. The molecule has 146 heavy (non-hydrogen) atoms. The lowest BCUT2D eigenvalue weighted by atomic mass is 9.99. The van der Waals surface area contributed by atoms with Crippen molar-refractivity contribution in [3.63, 3.8) is 0 Å². The third-order valence-electron chi connectivity index (χ3n) is 24.4. The minimum atomic E-state index is -3.97. The topological polar surface area (TPSA) is 766 Å². The summed E-state index contributed by atoms with van der Waals surface area (Å²) in [6, 6.07) is -0.418. The molecule has 0 saturated carbocycles. The number of anilines is 1. The minimum Gasteiger partial charge on any atom is -0.481 e. The summed E-state index contributed by atoms with van der Waals surface area (Å²) in [7, 11) is -3.97. The number of carbonyl (C=O) groups is 20. The van der Waals surface area contributed by atoms with Gasteiger partial charge in [0.1, 0.15) is 66.5 Å². The first-order chi connectivity index (χ1) is 69.2. The van der Waals surface area contributed by atoms with Gasteiger partial charge < -0.3 is 120 Å². The van der Waals surface area contributed by atoms with Crippen LogP contribution in [0.25, 0.3) is 10.9 Å². The molecular formula is C92H132N22O29S3. The zero-order chi connectivity index (χ0) is 107. The lowest BCUT2D eigenvalue weighted by Crippen LogP contribution is -2.62. The molecule has 0 spiro atoms. The van der Waals surface area contributed by atoms with E-state index in [1.165, 1.54) is 35.4 Å². The van der Waals surface area contributed by atoms with E-state index in [-0.39, 0.29) is 177 Å². The number of nitrogens with zero attached hydrogens (tertiary/aromatic N) is 7. The number of carboxylic acid groups (broad SMARTS) is 5. The van der Waals surface area contributed by atoms with Gasteiger partial charge in [0.05, 0.1) is 57.6 Å². The number of rotatable bonds is 35. The highest BCUT2D eigenvalue weighted by Crippen LogP contribution is 2.26. The molecule has 54 heteroatoms. The summed E-state index contributed by atoms with van der Waals surface area (Å²) in [5.74, 6) is -23.5. The lowest BCUT2D eigenvalue weighted by Gasteiger charge is -2.36. The number of nitrogens with one attached hydrogen (secondary N) is 12. The quantitative estimate of drug-likeness (QED) is 0.0204. The number of amides is 15. The molecule has 51 nitrogen and oxygen atoms in total. The summed E-state index contributed by atoms with van der Waals surface area (Å²) in [5.41, 5.74) is 13.9. The second kappa shape index (κ2) is 58.3. The fourth-order valence-corrected chi connectivity index (χ4v) is 19.3. The smallest absolute Gasteiger partial charge is 0.317 e. The van der Waals surface area contributed by atoms with E-state index in [1.807, 2.05) is 0 Å². The van der Waals surface area contributed by atoms with Crippen LogP contribution in [0.3, 0.4) is 0 Å². The maximum Gasteiger partial charge on any atom is 0.317 e. The number of para-hydroxylation sites is 1. The Balaban J connectivity index is 1.10. The molecule has 4 aliphatic heterocycles. The fourth-order valence-electron chi connectivity index (χ4n) is 16.7. The molecule has 3 fully saturated rings. The number of primary amides is 2. The molecule has 0 unspecified atom stereocenters. The first-order valence-electron chi connectivity index (χ1n) is 47.5. The number of hydrogen-bond acceptors (Lipinski definition) is 31. The first kappa shape index (κ1) is 118. The number of H-pyrrole nitrogens is 1. The molecule has 0 aliphatic carbocycles. The molecule has 4 aromatic rings. The van der Waals surface area contributed by atoms with Crippen LogP contribution < -0.4 is 75.1 Å². The highest BCUT2D eigenvalue weighted by Gasteiger charge is 2.43. The van der Waals surface area contributed by atoms with Crippen LogP contribution in [0.15, 0.2) is 79.0 Å². The zero-order valence-corrected chi connectivity index (χ0v) is 83.6. The molecular weight excluding hydrogens is 1970 g/mol. The summed E-state index contributed by atoms with van der Waals surface area (Å²) in [6.45, 7) is 2.80. The SMILES string of the molecule is CC(C)C[C@@H]1NC(=O)[C@H](Cc2cccc(NC(=O)CCCS(N)(=O)=O)c2)NC(=O)[C@H](CC(=O)O)NC(=O)[C@H]2CCCN2C(=O)[C@H](CCC(=O)O)NC(=O)[C@@H](NC(=O)[C@H](CCC(N)=O)NC(=O)CN2CCN(C(=O)CN3CCN(CC(=O)O)CCN(CC(=O)O)CCN(CC(=O)O)CC3)CC2)CSCc2cccc(c2)CSC[C@@H](C(N)=O)NC(=O)[C@H](CO)NC(=O)[C@H](Cc2c[nH]c3ccccc23)NC(=O)[C@H]([C@@H](C)O)NC1=O. The van der Waals surface area contributed by atoms with Crippen molar-refractivity contribution in [2.24, 2.45) is 22.5 Å². The fraction of sp³-hybridized carbons (Fsp3) is 0.565. The van der Waals surface area contributed by atoms with Crippen LogP contribution in [-0.2, 0) is 130 Å². The Labute approximate surface area is 849 Å². The highest BCUT2D eigenvalue weighted by atomic mass is 32.2. The van der Waals surface area contributed by atoms with E-state index in [4.69, 9.17) is 16.6 Å². The van der Waals surface area contributed by atoms with E-state index < -0.39 is 272 Å². The van der Waals surface area contributed by atoms with Gasteiger partial charge in [-0.2, -0.15) is 23.5 Å². The molecule has 8 rings (SSSR count). The molecule has 5 heterocycles. The van der Waals surface area contributed by atoms with Gasteiger partial charge in [0.2, 0.25) is 98.6 Å². The number of aromatic amines is 1. The summed E-state index contributed by atoms with van der Waals surface area (Å²) < 4.78 is 23.4. The van der Waals surface area contributed by atoms with Gasteiger partial charge in [-0.25, -0.2) is 13.6 Å². The average Bonchev–Trinajstić information content (AvgIpc) is 1.68. The monoisotopic (exact) mass is 2100 g/mol. The largest absolute Gasteiger partial charge is 0.481 e. The number of primary sulfonamides is 1. The Bertz CT molecular complexity index is 5390. The van der Waals surface area contributed by atoms with E-state index in [0.29, 0.717) is 27.6 Å². The number of sulfonamides is 1. The van der Waals surface area contributed by atoms with Gasteiger partial charge in [0.15, 0.2) is 0 Å². The number of aliphatic carboxylic acids is 5. The number of nitrogens with two attached hydrogens (primary N) is 3. The van der Waals surface area contributed by atoms with Crippen LogP contribution in [0.1, 0.15) is 107 Å². The molecule has 15 amide bonds. The summed E-state index contributed by atoms with van der Waals surface area (Å²) in [4.78, 5) is 291. The predicted molar refractivity (Wildman–Crippen MR) is 527 cm³/mol. The van der Waals surface area contributed by atoms with Crippen LogP contribution in [0.4, 0.5) is 5.69 Å². The second-order valence-corrected chi connectivity index (χ2v) is 40.4. The van der Waals surface area contributed by atoms with Crippen LogP contribution >= 0.6 is 23.5 Å². The van der Waals surface area contributed by atoms with Crippen molar-refractivity contribution in [1.82, 2.24) is 92.5 Å². The third kappa shape index (κ3) is 40.4. The Kier molecular flexibility index (Phi) is 47.2. The van der Waals surface area contributed by atoms with Crippen molar-refractivity contribution >= 4 is 169 Å². The van der Waals surface area contributed by atoms with Gasteiger partial charge in [-0.15, -0.1) is 0 Å². The van der Waals surface area contributed by atoms with Gasteiger partial charge in [0, 0.05) is 163 Å². The van der Waals surface area contributed by atoms with Gasteiger partial charge in [-0.3, -0.25) is 120 Å². The van der Waals surface area contributed by atoms with Crippen molar-refractivity contribution in [2.45, 2.75) is 182 Å². The van der Waals surface area contributed by atoms with Gasteiger partial charge in [0.25, 0.3) is 0 Å². The molecule has 0 radical (unpaired) electrons. The Morgan fingerprint density at radius 1 is 0.521 bits per heavy atom. The Morgan fingerprint density at radius 2 is 1.05 bits per heavy atom. The standard InChI is InChI=1S/C92H132N22O29S3/c1-53(2)36-64-87(136)107-81(54(3)116)91(140)103-66(40-58-42-96-61-15-5-4-14-60(58)61)85(134)104-68(48-115)88(137)105-69(82(94)131)51-144-49-56-11-6-12-57(37-56)50-145-52-70(106-83(132)62(18-20-72(93)117)98-74(119)43-108-31-33-113(34-32-108)75(120)44-109-23-25-110(45-78(125)126)27-29-112(47-80(129)130)30-28-111(26-24-109)46-79(127)128)89(138)99-63(19-21-76(121)122)92(141)114-22-8-16-71(114)90(139)102-67(41-77(123)124)86(135)101-65(84(133)100-64)39-55-10-7-13-59(38-55)97-73(118)17-9-35-146(95,142)143/h4-7,10-15,37-38,42,53-54,62-71,81,96,115-116H,8-9,16-36,39-41,43-52H2,1-3H3,(H2,93,117)(H2,94,131)(H,97,118)(H,98,119)(H,99,138)(H,100,133)(H,101,135)(H,102,139)(H,103,140)(H,104,134)(H,105,137)(H,106,132)(H,107,136)(H,121,122)(H,123,124)(H,125,126)(H,127,128)(H,129,130)(H2,95,142,143)/t54-,62+,63+,64+,65+,66+,67+,68+,69+,70+,71-,81+/m1/s1. The lowest BCUT2D eigenvalue weighted by molar-refractivity contribution is -0.145. The summed E-state index contributed by atoms with van der Waals surface area (Å²) >= 11 is 2.14. The van der Waals surface area contributed by atoms with Gasteiger partial charge in [-0.05, 0) is 91.8 Å². The van der Waals surface area contributed by atoms with Crippen molar-refractivity contribution in [2.75, 3.05) is 147 Å². The Hall–Kier alpha value is -13.1. The van der Waals surface area contributed by atoms with Crippen LogP contribution in [-0.4, -0.2) is 416 Å². The normalized spacial score (nSPS) is 22.6. The molecule has 802 valence electrons.